The molecule has 1 aliphatic heterocycles. The van der Waals surface area contributed by atoms with Gasteiger partial charge in [-0.1, -0.05) is 141 Å². The molecule has 1 aliphatic rings. The van der Waals surface area contributed by atoms with Crippen LogP contribution in [-0.4, -0.2) is 18.0 Å². The normalized spacial score (nSPS) is 13.5. The molecule has 5 heteroatoms. The highest BCUT2D eigenvalue weighted by Gasteiger charge is 2.45. The lowest BCUT2D eigenvalue weighted by molar-refractivity contribution is 0.634. The highest BCUT2D eigenvalue weighted by Crippen LogP contribution is 2.54. The molecule has 0 radical (unpaired) electrons. The van der Waals surface area contributed by atoms with Gasteiger partial charge in [0.25, 0.3) is 0 Å². The van der Waals surface area contributed by atoms with Gasteiger partial charge in [0.1, 0.15) is 17.0 Å². The Morgan fingerprint density at radius 2 is 1.19 bits per heavy atom. The van der Waals surface area contributed by atoms with Gasteiger partial charge in [-0.15, -0.1) is 0 Å². The maximum atomic E-state index is 6.46. The minimum absolute atomic E-state index is 0.358. The van der Waals surface area contributed by atoms with Crippen molar-refractivity contribution >= 4 is 68.0 Å². The fourth-order valence-corrected chi connectivity index (χ4v) is 13.7. The van der Waals surface area contributed by atoms with Crippen LogP contribution in [0.3, 0.4) is 0 Å². The summed E-state index contributed by atoms with van der Waals surface area (Å²) in [7, 11) is -2.95. The van der Waals surface area contributed by atoms with Crippen molar-refractivity contribution in [2.45, 2.75) is 19.3 Å². The van der Waals surface area contributed by atoms with E-state index >= 15 is 0 Å². The predicted molar refractivity (Wildman–Crippen MR) is 225 cm³/mol. The summed E-state index contributed by atoms with van der Waals surface area (Å²) in [5.41, 5.74) is 8.26. The van der Waals surface area contributed by atoms with Gasteiger partial charge in [-0.2, -0.15) is 0 Å². The number of hydrogen-bond donors (Lipinski definition) is 0. The minimum atomic E-state index is -2.95. The van der Waals surface area contributed by atoms with Gasteiger partial charge in [0, 0.05) is 34.1 Å². The van der Waals surface area contributed by atoms with E-state index in [-0.39, 0.29) is 5.41 Å². The van der Waals surface area contributed by atoms with Gasteiger partial charge in [0.2, 0.25) is 0 Å². The molecule has 0 bridgehead atoms. The average molecular weight is 712 g/mol. The van der Waals surface area contributed by atoms with Crippen LogP contribution >= 0.6 is 0 Å². The molecule has 0 aliphatic carbocycles. The monoisotopic (exact) mass is 711 g/mol. The van der Waals surface area contributed by atoms with E-state index in [0.29, 0.717) is 0 Å². The molecular formula is C49H37N3OSi. The summed E-state index contributed by atoms with van der Waals surface area (Å²) in [6.07, 6.45) is 3.76. The zero-order valence-corrected chi connectivity index (χ0v) is 31.1. The van der Waals surface area contributed by atoms with Gasteiger partial charge < -0.3 is 4.42 Å². The second kappa shape index (κ2) is 12.5. The van der Waals surface area contributed by atoms with Crippen molar-refractivity contribution in [3.8, 4) is 11.3 Å². The number of para-hydroxylation sites is 1. The topological polar surface area (TPSA) is 42.2 Å². The number of rotatable bonds is 6. The molecular weight excluding hydrogens is 675 g/mol. The first-order chi connectivity index (χ1) is 26.5. The number of furan rings is 1. The van der Waals surface area contributed by atoms with Crippen LogP contribution in [0.15, 0.2) is 193 Å². The second-order valence-electron chi connectivity index (χ2n) is 14.6. The van der Waals surface area contributed by atoms with Crippen LogP contribution < -0.4 is 25.6 Å². The zero-order chi connectivity index (χ0) is 36.3. The average Bonchev–Trinajstić information content (AvgIpc) is 3.61. The molecule has 0 spiro atoms. The number of anilines is 3. The van der Waals surface area contributed by atoms with Crippen LogP contribution in [-0.2, 0) is 5.41 Å². The van der Waals surface area contributed by atoms with Gasteiger partial charge in [-0.25, -0.2) is 4.98 Å². The summed E-state index contributed by atoms with van der Waals surface area (Å²) < 4.78 is 6.46. The van der Waals surface area contributed by atoms with Crippen molar-refractivity contribution < 1.29 is 4.42 Å². The number of hydrogen-bond acceptors (Lipinski definition) is 4. The van der Waals surface area contributed by atoms with Crippen molar-refractivity contribution in [1.82, 2.24) is 9.97 Å². The van der Waals surface area contributed by atoms with Crippen molar-refractivity contribution in [2.24, 2.45) is 0 Å². The number of pyridine rings is 2. The fraction of sp³-hybridized carbons (Fsp3) is 0.0612. The van der Waals surface area contributed by atoms with E-state index in [0.717, 1.165) is 50.4 Å². The number of benzene rings is 6. The third-order valence-corrected chi connectivity index (χ3v) is 16.0. The molecule has 3 aromatic heterocycles. The van der Waals surface area contributed by atoms with Crippen LogP contribution in [0.1, 0.15) is 25.0 Å². The summed E-state index contributed by atoms with van der Waals surface area (Å²) >= 11 is 0. The van der Waals surface area contributed by atoms with E-state index in [1.54, 1.807) is 0 Å². The highest BCUT2D eigenvalue weighted by atomic mass is 28.3. The molecule has 0 saturated heterocycles. The molecule has 0 amide bonds. The molecule has 0 saturated carbocycles. The van der Waals surface area contributed by atoms with Crippen LogP contribution in [0, 0.1) is 0 Å². The first kappa shape index (κ1) is 32.1. The molecule has 6 aromatic carbocycles. The second-order valence-corrected chi connectivity index (χ2v) is 18.4. The molecule has 0 unspecified atom stereocenters. The van der Waals surface area contributed by atoms with Crippen LogP contribution in [0.4, 0.5) is 17.2 Å². The fourth-order valence-electron chi connectivity index (χ4n) is 8.92. The van der Waals surface area contributed by atoms with Crippen LogP contribution in [0.2, 0.25) is 0 Å². The third-order valence-electron chi connectivity index (χ3n) is 11.3. The van der Waals surface area contributed by atoms with E-state index in [2.05, 4.69) is 176 Å². The van der Waals surface area contributed by atoms with Crippen molar-refractivity contribution in [3.63, 3.8) is 0 Å². The molecule has 54 heavy (non-hydrogen) atoms. The van der Waals surface area contributed by atoms with Crippen molar-refractivity contribution in [3.05, 3.63) is 199 Å². The lowest BCUT2D eigenvalue weighted by Crippen LogP contribution is -2.74. The van der Waals surface area contributed by atoms with Gasteiger partial charge in [-0.3, -0.25) is 9.88 Å². The maximum Gasteiger partial charge on any atom is 0.179 e. The predicted octanol–water partition coefficient (Wildman–Crippen LogP) is 9.53. The van der Waals surface area contributed by atoms with Gasteiger partial charge in [0.05, 0.1) is 17.1 Å². The summed E-state index contributed by atoms with van der Waals surface area (Å²) in [5, 5.41) is 7.53. The SMILES string of the molecule is CC1(C)c2ccc([Si](c3ccccc3)(c3ccccc3)c3cccc(-c4ccccn4)c3)cc2N(c2ccccn2)c2ccc3oc4ccccc4c3c21. The Hall–Kier alpha value is -6.56. The zero-order valence-electron chi connectivity index (χ0n) is 30.1. The highest BCUT2D eigenvalue weighted by molar-refractivity contribution is 7.20. The quantitative estimate of drug-likeness (QED) is 0.127. The summed E-state index contributed by atoms with van der Waals surface area (Å²) in [6.45, 7) is 4.72. The van der Waals surface area contributed by atoms with E-state index in [1.165, 1.54) is 31.9 Å². The first-order valence-corrected chi connectivity index (χ1v) is 20.5. The first-order valence-electron chi connectivity index (χ1n) is 18.5. The Morgan fingerprint density at radius 3 is 1.91 bits per heavy atom. The summed E-state index contributed by atoms with van der Waals surface area (Å²) in [5.74, 6) is 0.878. The number of nitrogens with zero attached hydrogens (tertiary/aromatic N) is 3. The van der Waals surface area contributed by atoms with Crippen molar-refractivity contribution in [2.75, 3.05) is 4.90 Å². The number of fused-ring (bicyclic) bond motifs is 6. The Balaban J connectivity index is 1.30. The Labute approximate surface area is 316 Å². The minimum Gasteiger partial charge on any atom is -0.456 e. The van der Waals surface area contributed by atoms with Gasteiger partial charge >= 0.3 is 0 Å². The lowest BCUT2D eigenvalue weighted by atomic mass is 9.72. The summed E-state index contributed by atoms with van der Waals surface area (Å²) in [6, 6.07) is 63.7. The number of aromatic nitrogens is 2. The van der Waals surface area contributed by atoms with E-state index in [1.807, 2.05) is 30.6 Å². The maximum absolute atomic E-state index is 6.46. The smallest absolute Gasteiger partial charge is 0.179 e. The van der Waals surface area contributed by atoms with Gasteiger partial charge in [0.15, 0.2) is 8.07 Å². The lowest BCUT2D eigenvalue weighted by Gasteiger charge is -2.43. The van der Waals surface area contributed by atoms with E-state index in [4.69, 9.17) is 14.4 Å². The molecule has 0 N–H and O–H groups in total. The van der Waals surface area contributed by atoms with Crippen LogP contribution in [0.5, 0.6) is 0 Å². The van der Waals surface area contributed by atoms with E-state index < -0.39 is 8.07 Å². The molecule has 0 fully saturated rings. The van der Waals surface area contributed by atoms with Gasteiger partial charge in [-0.05, 0) is 80.4 Å². The molecule has 10 rings (SSSR count). The Bertz CT molecular complexity index is 2760. The molecule has 9 aromatic rings. The molecule has 4 nitrogen and oxygen atoms in total. The third kappa shape index (κ3) is 4.82. The standard InChI is InChI=1S/C49H37N3OSi/c1-49(2)40-27-26-38(33-43(40)52(46-25-12-14-31-51-46)42-28-29-45-47(48(42)49)39-22-9-10-24-44(39)53-45)54(35-17-5-3-6-18-35,36-19-7-4-8-20-36)37-21-15-16-34(32-37)41-23-11-13-30-50-41/h3-33H,1-2H3. The van der Waals surface area contributed by atoms with E-state index in [9.17, 15) is 0 Å². The largest absolute Gasteiger partial charge is 0.456 e. The molecule has 258 valence electrons. The summed E-state index contributed by atoms with van der Waals surface area (Å²) in [4.78, 5) is 12.1. The molecule has 0 atom stereocenters. The Kier molecular flexibility index (Phi) is 7.46. The Morgan fingerprint density at radius 1 is 0.519 bits per heavy atom. The molecule has 4 heterocycles. The van der Waals surface area contributed by atoms with Crippen LogP contribution in [0.25, 0.3) is 33.2 Å². The van der Waals surface area contributed by atoms with Crippen molar-refractivity contribution in [1.29, 1.82) is 0 Å².